The Labute approximate surface area is 172 Å². The molecule has 4 rings (SSSR count). The molecule has 0 radical (unpaired) electrons. The van der Waals surface area contributed by atoms with Gasteiger partial charge in [-0.25, -0.2) is 18.6 Å². The zero-order valence-electron chi connectivity index (χ0n) is 16.6. The van der Waals surface area contributed by atoms with E-state index in [-0.39, 0.29) is 31.0 Å². The first-order valence-electron chi connectivity index (χ1n) is 10.0. The van der Waals surface area contributed by atoms with Crippen LogP contribution in [0.4, 0.5) is 25.2 Å². The lowest BCUT2D eigenvalue weighted by Crippen LogP contribution is -2.32. The normalized spacial score (nSPS) is 17.4. The van der Waals surface area contributed by atoms with Crippen molar-refractivity contribution in [3.63, 3.8) is 0 Å². The quantitative estimate of drug-likeness (QED) is 0.481. The highest BCUT2D eigenvalue weighted by Gasteiger charge is 2.35. The summed E-state index contributed by atoms with van der Waals surface area (Å²) in [6.45, 7) is 1.90. The van der Waals surface area contributed by atoms with Crippen molar-refractivity contribution in [2.45, 2.75) is 50.6 Å². The highest BCUT2D eigenvalue weighted by Crippen LogP contribution is 2.34. The van der Waals surface area contributed by atoms with E-state index in [4.69, 9.17) is 0 Å². The highest BCUT2D eigenvalue weighted by atomic mass is 19.3. The topological polar surface area (TPSA) is 94.7 Å². The van der Waals surface area contributed by atoms with Gasteiger partial charge in [0.05, 0.1) is 16.9 Å². The number of carbonyl (C=O) groups excluding carboxylic acids is 1. The number of alkyl halides is 2. The van der Waals surface area contributed by atoms with Crippen LogP contribution in [0.1, 0.15) is 44.2 Å². The third-order valence-electron chi connectivity index (χ3n) is 5.39. The lowest BCUT2D eigenvalue weighted by molar-refractivity contribution is -0.0361. The minimum absolute atomic E-state index is 0.0424. The minimum atomic E-state index is -2.56. The number of pyridine rings is 1. The van der Waals surface area contributed by atoms with E-state index in [1.165, 1.54) is 0 Å². The van der Waals surface area contributed by atoms with E-state index >= 15 is 0 Å². The van der Waals surface area contributed by atoms with Gasteiger partial charge in [-0.2, -0.15) is 5.10 Å². The van der Waals surface area contributed by atoms with E-state index in [9.17, 15) is 13.6 Å². The van der Waals surface area contributed by atoms with E-state index < -0.39 is 5.92 Å². The zero-order valence-corrected chi connectivity index (χ0v) is 16.6. The van der Waals surface area contributed by atoms with Gasteiger partial charge >= 0.3 is 6.03 Å². The third kappa shape index (κ3) is 4.67. The molecule has 1 aliphatic rings. The molecule has 158 valence electrons. The Kier molecular flexibility index (Phi) is 5.52. The molecular formula is C21H24F2N6O. The van der Waals surface area contributed by atoms with Gasteiger partial charge in [-0.3, -0.25) is 10.4 Å². The summed E-state index contributed by atoms with van der Waals surface area (Å²) in [6.07, 6.45) is 2.17. The van der Waals surface area contributed by atoms with Crippen LogP contribution in [0.3, 0.4) is 0 Å². The van der Waals surface area contributed by atoms with Crippen LogP contribution in [-0.2, 0) is 0 Å². The number of anilines is 2. The maximum Gasteiger partial charge on any atom is 0.320 e. The van der Waals surface area contributed by atoms with E-state index in [1.54, 1.807) is 12.3 Å². The van der Waals surface area contributed by atoms with Gasteiger partial charge in [0.2, 0.25) is 5.92 Å². The van der Waals surface area contributed by atoms with Gasteiger partial charge in [-0.1, -0.05) is 30.3 Å². The number of nitrogens with one attached hydrogen (secondary N) is 4. The van der Waals surface area contributed by atoms with E-state index in [1.807, 2.05) is 37.3 Å². The van der Waals surface area contributed by atoms with E-state index in [2.05, 4.69) is 31.1 Å². The Hall–Kier alpha value is -3.23. The first-order valence-corrected chi connectivity index (χ1v) is 10.0. The summed E-state index contributed by atoms with van der Waals surface area (Å²) in [5.74, 6) is -1.60. The average Bonchev–Trinajstić information content (AvgIpc) is 3.12. The lowest BCUT2D eigenvalue weighted by atomic mass is 9.92. The minimum Gasteiger partial charge on any atom is -0.365 e. The van der Waals surface area contributed by atoms with E-state index in [0.717, 1.165) is 10.9 Å². The van der Waals surface area contributed by atoms with Crippen LogP contribution in [0.5, 0.6) is 0 Å². The van der Waals surface area contributed by atoms with Gasteiger partial charge in [0.15, 0.2) is 5.82 Å². The summed E-state index contributed by atoms with van der Waals surface area (Å²) >= 11 is 0. The molecule has 3 aromatic rings. The molecule has 1 aromatic carbocycles. The largest absolute Gasteiger partial charge is 0.365 e. The number of urea groups is 1. The molecule has 0 bridgehead atoms. The maximum absolute atomic E-state index is 13.3. The van der Waals surface area contributed by atoms with Crippen molar-refractivity contribution >= 4 is 28.6 Å². The summed E-state index contributed by atoms with van der Waals surface area (Å²) in [6, 6.07) is 10.8. The van der Waals surface area contributed by atoms with Crippen molar-refractivity contribution in [3.8, 4) is 0 Å². The number of amides is 2. The van der Waals surface area contributed by atoms with Crippen LogP contribution >= 0.6 is 0 Å². The lowest BCUT2D eigenvalue weighted by Gasteiger charge is -2.28. The number of aromatic nitrogens is 3. The Balaban J connectivity index is 1.38. The molecule has 2 amide bonds. The Morgan fingerprint density at radius 1 is 1.23 bits per heavy atom. The molecular weight excluding hydrogens is 390 g/mol. The molecule has 1 aliphatic carbocycles. The van der Waals surface area contributed by atoms with Gasteiger partial charge < -0.3 is 10.6 Å². The fourth-order valence-electron chi connectivity index (χ4n) is 3.64. The molecule has 1 fully saturated rings. The number of rotatable bonds is 5. The maximum atomic E-state index is 13.3. The summed E-state index contributed by atoms with van der Waals surface area (Å²) in [5, 5.41) is 16.7. The summed E-state index contributed by atoms with van der Waals surface area (Å²) in [5.41, 5.74) is 1.70. The average molecular weight is 414 g/mol. The predicted molar refractivity (Wildman–Crippen MR) is 112 cm³/mol. The molecule has 1 saturated carbocycles. The fraction of sp³-hybridized carbons (Fsp3) is 0.381. The van der Waals surface area contributed by atoms with Crippen molar-refractivity contribution in [2.75, 3.05) is 10.6 Å². The number of aromatic amines is 1. The molecule has 0 aliphatic heterocycles. The first-order chi connectivity index (χ1) is 14.4. The van der Waals surface area contributed by atoms with Crippen LogP contribution in [0.2, 0.25) is 0 Å². The SMILES string of the molecule is CC(NC(=O)Nc1cc2[nH]nc(NC3CCC(F)(F)CC3)c2cn1)c1ccccc1. The van der Waals surface area contributed by atoms with Crippen LogP contribution in [0.25, 0.3) is 10.9 Å². The second-order valence-corrected chi connectivity index (χ2v) is 7.69. The third-order valence-corrected chi connectivity index (χ3v) is 5.39. The molecule has 0 saturated heterocycles. The van der Waals surface area contributed by atoms with Gasteiger partial charge in [0.1, 0.15) is 5.82 Å². The molecule has 4 N–H and O–H groups in total. The van der Waals surface area contributed by atoms with Crippen LogP contribution in [-0.4, -0.2) is 33.2 Å². The number of carbonyl (C=O) groups is 1. The van der Waals surface area contributed by atoms with Gasteiger partial charge in [0, 0.05) is 31.1 Å². The highest BCUT2D eigenvalue weighted by molar-refractivity contribution is 5.94. The molecule has 7 nitrogen and oxygen atoms in total. The van der Waals surface area contributed by atoms with Crippen molar-refractivity contribution in [1.82, 2.24) is 20.5 Å². The summed E-state index contributed by atoms with van der Waals surface area (Å²) in [7, 11) is 0. The van der Waals surface area contributed by atoms with Gasteiger partial charge in [0.25, 0.3) is 0 Å². The standard InChI is InChI=1S/C21H24F2N6O/c1-13(14-5-3-2-4-6-14)25-20(30)27-18-11-17-16(12-24-18)19(29-28-17)26-15-7-9-21(22,23)10-8-15/h2-6,11-13,15H,7-10H2,1H3,(H2,26,28,29)(H2,24,25,27,30). The smallest absolute Gasteiger partial charge is 0.320 e. The van der Waals surface area contributed by atoms with Crippen molar-refractivity contribution in [2.24, 2.45) is 0 Å². The fourth-order valence-corrected chi connectivity index (χ4v) is 3.64. The van der Waals surface area contributed by atoms with Gasteiger partial charge in [-0.05, 0) is 25.3 Å². The number of hydrogen-bond acceptors (Lipinski definition) is 4. The first kappa shape index (κ1) is 20.1. The van der Waals surface area contributed by atoms with Crippen LogP contribution in [0, 0.1) is 0 Å². The Morgan fingerprint density at radius 3 is 2.70 bits per heavy atom. The van der Waals surface area contributed by atoms with Crippen molar-refractivity contribution in [3.05, 3.63) is 48.2 Å². The second-order valence-electron chi connectivity index (χ2n) is 7.69. The Morgan fingerprint density at radius 2 is 1.97 bits per heavy atom. The number of halogens is 2. The van der Waals surface area contributed by atoms with Crippen molar-refractivity contribution in [1.29, 1.82) is 0 Å². The molecule has 30 heavy (non-hydrogen) atoms. The van der Waals surface area contributed by atoms with Gasteiger partial charge in [-0.15, -0.1) is 0 Å². The molecule has 2 heterocycles. The molecule has 9 heteroatoms. The number of nitrogens with zero attached hydrogens (tertiary/aromatic N) is 2. The second kappa shape index (κ2) is 8.25. The predicted octanol–water partition coefficient (Wildman–Crippen LogP) is 4.83. The number of benzene rings is 1. The van der Waals surface area contributed by atoms with Crippen LogP contribution in [0.15, 0.2) is 42.6 Å². The summed E-state index contributed by atoms with van der Waals surface area (Å²) < 4.78 is 26.7. The number of H-pyrrole nitrogens is 1. The zero-order chi connectivity index (χ0) is 21.1. The number of hydrogen-bond donors (Lipinski definition) is 4. The summed E-state index contributed by atoms with van der Waals surface area (Å²) in [4.78, 5) is 16.6. The molecule has 1 atom stereocenters. The van der Waals surface area contributed by atoms with Crippen molar-refractivity contribution < 1.29 is 13.6 Å². The van der Waals surface area contributed by atoms with E-state index in [0.29, 0.717) is 30.0 Å². The van der Waals surface area contributed by atoms with Crippen LogP contribution < -0.4 is 16.0 Å². The molecule has 2 aromatic heterocycles. The molecule has 1 unspecified atom stereocenters. The monoisotopic (exact) mass is 414 g/mol. The number of fused-ring (bicyclic) bond motifs is 1. The Bertz CT molecular complexity index is 1010. The molecule has 0 spiro atoms.